The lowest BCUT2D eigenvalue weighted by Gasteiger charge is -2.08. The Morgan fingerprint density at radius 3 is 3.06 bits per heavy atom. The van der Waals surface area contributed by atoms with Gasteiger partial charge in [-0.2, -0.15) is 0 Å². The Bertz CT molecular complexity index is 409. The molecule has 0 aliphatic heterocycles. The fourth-order valence-corrected chi connectivity index (χ4v) is 1.31. The van der Waals surface area contributed by atoms with Crippen molar-refractivity contribution in [1.82, 2.24) is 4.98 Å². The quantitative estimate of drug-likeness (QED) is 0.620. The molecule has 3 N–H and O–H groups in total. The Hall–Kier alpha value is -1.69. The zero-order chi connectivity index (χ0) is 12.7. The standard InChI is InChI=1S/C11H15N3O2S/c1-2-3-7-16-11(15)14-10-8(9(12)17)5-4-6-13-10/h4-6H,2-3,7H2,1H3,(H2,12,17)(H,13,14,15). The van der Waals surface area contributed by atoms with Gasteiger partial charge in [0.1, 0.15) is 10.8 Å². The van der Waals surface area contributed by atoms with Gasteiger partial charge in [0.2, 0.25) is 0 Å². The van der Waals surface area contributed by atoms with Crippen molar-refractivity contribution in [2.75, 3.05) is 11.9 Å². The third-order valence-electron chi connectivity index (χ3n) is 2.02. The summed E-state index contributed by atoms with van der Waals surface area (Å²) in [6.07, 6.45) is 2.80. The van der Waals surface area contributed by atoms with Gasteiger partial charge in [-0.25, -0.2) is 9.78 Å². The van der Waals surface area contributed by atoms with E-state index in [0.717, 1.165) is 12.8 Å². The van der Waals surface area contributed by atoms with E-state index in [9.17, 15) is 4.79 Å². The fourth-order valence-electron chi connectivity index (χ4n) is 1.15. The summed E-state index contributed by atoms with van der Waals surface area (Å²) in [5.74, 6) is 0.321. The first-order chi connectivity index (χ1) is 8.15. The second-order valence-corrected chi connectivity index (χ2v) is 3.82. The highest BCUT2D eigenvalue weighted by atomic mass is 32.1. The summed E-state index contributed by atoms with van der Waals surface area (Å²) in [5.41, 5.74) is 6.03. The number of hydrogen-bond acceptors (Lipinski definition) is 4. The number of rotatable bonds is 5. The van der Waals surface area contributed by atoms with E-state index in [4.69, 9.17) is 22.7 Å². The molecular weight excluding hydrogens is 238 g/mol. The molecule has 5 nitrogen and oxygen atoms in total. The molecule has 1 aromatic heterocycles. The van der Waals surface area contributed by atoms with Crippen molar-refractivity contribution in [2.24, 2.45) is 5.73 Å². The molecule has 0 bridgehead atoms. The van der Waals surface area contributed by atoms with Crippen molar-refractivity contribution >= 4 is 29.1 Å². The Kier molecular flexibility index (Phi) is 5.35. The van der Waals surface area contributed by atoms with Crippen LogP contribution in [0.5, 0.6) is 0 Å². The maximum atomic E-state index is 11.4. The third kappa shape index (κ3) is 4.36. The molecule has 1 amide bonds. The first kappa shape index (κ1) is 13.4. The van der Waals surface area contributed by atoms with Crippen LogP contribution in [-0.2, 0) is 4.74 Å². The van der Waals surface area contributed by atoms with Gasteiger partial charge in [0.25, 0.3) is 0 Å². The molecule has 0 fully saturated rings. The summed E-state index contributed by atoms with van der Waals surface area (Å²) < 4.78 is 4.95. The predicted octanol–water partition coefficient (Wildman–Crippen LogP) is 2.06. The average Bonchev–Trinajstić information content (AvgIpc) is 2.29. The van der Waals surface area contributed by atoms with Crippen molar-refractivity contribution < 1.29 is 9.53 Å². The number of nitrogens with two attached hydrogens (primary N) is 1. The van der Waals surface area contributed by atoms with Crippen molar-refractivity contribution in [1.29, 1.82) is 0 Å². The van der Waals surface area contributed by atoms with Crippen LogP contribution in [0.3, 0.4) is 0 Å². The lowest BCUT2D eigenvalue weighted by molar-refractivity contribution is 0.160. The molecule has 92 valence electrons. The van der Waals surface area contributed by atoms with Crippen LogP contribution in [-0.4, -0.2) is 22.7 Å². The van der Waals surface area contributed by atoms with Crippen molar-refractivity contribution in [3.05, 3.63) is 23.9 Å². The molecule has 0 spiro atoms. The monoisotopic (exact) mass is 253 g/mol. The number of ether oxygens (including phenoxy) is 1. The van der Waals surface area contributed by atoms with Crippen LogP contribution < -0.4 is 11.1 Å². The van der Waals surface area contributed by atoms with Crippen LogP contribution in [0.4, 0.5) is 10.6 Å². The number of amides is 1. The summed E-state index contributed by atoms with van der Waals surface area (Å²) >= 11 is 4.85. The number of hydrogen-bond donors (Lipinski definition) is 2. The van der Waals surface area contributed by atoms with Gasteiger partial charge in [0.15, 0.2) is 0 Å². The molecule has 0 radical (unpaired) electrons. The van der Waals surface area contributed by atoms with Crippen LogP contribution in [0.15, 0.2) is 18.3 Å². The van der Waals surface area contributed by atoms with Crippen LogP contribution in [0, 0.1) is 0 Å². The van der Waals surface area contributed by atoms with Crippen LogP contribution in [0.1, 0.15) is 25.3 Å². The minimum absolute atomic E-state index is 0.182. The van der Waals surface area contributed by atoms with Gasteiger partial charge in [-0.3, -0.25) is 5.32 Å². The molecule has 17 heavy (non-hydrogen) atoms. The van der Waals surface area contributed by atoms with Gasteiger partial charge in [0, 0.05) is 6.20 Å². The molecule has 0 atom stereocenters. The third-order valence-corrected chi connectivity index (χ3v) is 2.24. The van der Waals surface area contributed by atoms with Crippen LogP contribution in [0.2, 0.25) is 0 Å². The van der Waals surface area contributed by atoms with E-state index in [1.807, 2.05) is 6.92 Å². The van der Waals surface area contributed by atoms with E-state index in [0.29, 0.717) is 18.0 Å². The maximum absolute atomic E-state index is 11.4. The summed E-state index contributed by atoms with van der Waals surface area (Å²) in [6.45, 7) is 2.41. The Balaban J connectivity index is 2.61. The number of nitrogens with one attached hydrogen (secondary N) is 1. The first-order valence-corrected chi connectivity index (χ1v) is 5.74. The lowest BCUT2D eigenvalue weighted by Crippen LogP contribution is -2.19. The largest absolute Gasteiger partial charge is 0.449 e. The molecule has 0 aliphatic carbocycles. The molecule has 0 saturated carbocycles. The number of thiocarbonyl (C=S) groups is 1. The van der Waals surface area contributed by atoms with E-state index < -0.39 is 6.09 Å². The predicted molar refractivity (Wildman–Crippen MR) is 70.0 cm³/mol. The van der Waals surface area contributed by atoms with Gasteiger partial charge >= 0.3 is 6.09 Å². The van der Waals surface area contributed by atoms with Crippen LogP contribution >= 0.6 is 12.2 Å². The molecule has 1 rings (SSSR count). The molecule has 6 heteroatoms. The Morgan fingerprint density at radius 1 is 1.65 bits per heavy atom. The van der Waals surface area contributed by atoms with E-state index >= 15 is 0 Å². The SMILES string of the molecule is CCCCOC(=O)Nc1ncccc1C(N)=S. The van der Waals surface area contributed by atoms with Gasteiger partial charge < -0.3 is 10.5 Å². The van der Waals surface area contributed by atoms with Gasteiger partial charge in [0.05, 0.1) is 12.2 Å². The number of nitrogens with zero attached hydrogens (tertiary/aromatic N) is 1. The van der Waals surface area contributed by atoms with Gasteiger partial charge in [-0.15, -0.1) is 0 Å². The Morgan fingerprint density at radius 2 is 2.41 bits per heavy atom. The number of unbranched alkanes of at least 4 members (excludes halogenated alkanes) is 1. The van der Waals surface area contributed by atoms with E-state index in [1.54, 1.807) is 18.3 Å². The fraction of sp³-hybridized carbons (Fsp3) is 0.364. The molecular formula is C11H15N3O2S. The summed E-state index contributed by atoms with van der Waals surface area (Å²) in [7, 11) is 0. The zero-order valence-corrected chi connectivity index (χ0v) is 10.4. The molecule has 0 saturated heterocycles. The number of pyridine rings is 1. The summed E-state index contributed by atoms with van der Waals surface area (Å²) in [4.78, 5) is 15.6. The highest BCUT2D eigenvalue weighted by Crippen LogP contribution is 2.11. The second kappa shape index (κ2) is 6.80. The molecule has 1 heterocycles. The number of aromatic nitrogens is 1. The highest BCUT2D eigenvalue weighted by molar-refractivity contribution is 7.80. The smallest absolute Gasteiger partial charge is 0.412 e. The zero-order valence-electron chi connectivity index (χ0n) is 9.60. The average molecular weight is 253 g/mol. The summed E-state index contributed by atoms with van der Waals surface area (Å²) in [6, 6.07) is 3.39. The second-order valence-electron chi connectivity index (χ2n) is 3.38. The topological polar surface area (TPSA) is 77.2 Å². The Labute approximate surface area is 105 Å². The molecule has 0 aromatic carbocycles. The maximum Gasteiger partial charge on any atom is 0.412 e. The van der Waals surface area contributed by atoms with Gasteiger partial charge in [-0.1, -0.05) is 25.6 Å². The van der Waals surface area contributed by atoms with Gasteiger partial charge in [-0.05, 0) is 18.6 Å². The molecule has 0 aliphatic rings. The minimum atomic E-state index is -0.547. The van der Waals surface area contributed by atoms with E-state index in [2.05, 4.69) is 10.3 Å². The van der Waals surface area contributed by atoms with E-state index in [1.165, 1.54) is 0 Å². The van der Waals surface area contributed by atoms with E-state index in [-0.39, 0.29) is 4.99 Å². The molecule has 1 aromatic rings. The van der Waals surface area contributed by atoms with Crippen molar-refractivity contribution in [3.8, 4) is 0 Å². The molecule has 0 unspecified atom stereocenters. The lowest BCUT2D eigenvalue weighted by atomic mass is 10.2. The summed E-state index contributed by atoms with van der Waals surface area (Å²) in [5, 5.41) is 2.51. The minimum Gasteiger partial charge on any atom is -0.449 e. The highest BCUT2D eigenvalue weighted by Gasteiger charge is 2.09. The van der Waals surface area contributed by atoms with Crippen molar-refractivity contribution in [3.63, 3.8) is 0 Å². The van der Waals surface area contributed by atoms with Crippen molar-refractivity contribution in [2.45, 2.75) is 19.8 Å². The number of anilines is 1. The number of carbonyl (C=O) groups is 1. The normalized spacial score (nSPS) is 9.71. The first-order valence-electron chi connectivity index (χ1n) is 5.33. The van der Waals surface area contributed by atoms with Crippen LogP contribution in [0.25, 0.3) is 0 Å². The number of carbonyl (C=O) groups excluding carboxylic acids is 1.